The third-order valence-electron chi connectivity index (χ3n) is 8.41. The summed E-state index contributed by atoms with van der Waals surface area (Å²) in [5.41, 5.74) is 4.21. The number of unbranched alkanes of at least 4 members (excludes halogenated alkanes) is 12. The van der Waals surface area contributed by atoms with E-state index in [0.717, 1.165) is 36.1 Å². The molecule has 43 heavy (non-hydrogen) atoms. The van der Waals surface area contributed by atoms with Crippen LogP contribution in [0.5, 0.6) is 0 Å². The molecule has 1 aromatic heterocycles. The molecule has 244 valence electrons. The van der Waals surface area contributed by atoms with Crippen molar-refractivity contribution >= 4 is 11.9 Å². The summed E-state index contributed by atoms with van der Waals surface area (Å²) in [6.45, 7) is 2.35. The number of H-pyrrole nitrogens is 1. The number of carbonyl (C=O) groups is 2. The number of aliphatic hydroxyl groups excluding tert-OH is 2. The number of aromatic nitrogens is 2. The lowest BCUT2D eigenvalue weighted by Crippen LogP contribution is -2.52. The van der Waals surface area contributed by atoms with Crippen LogP contribution in [0.4, 0.5) is 0 Å². The van der Waals surface area contributed by atoms with Crippen LogP contribution in [0.2, 0.25) is 0 Å². The van der Waals surface area contributed by atoms with Crippen LogP contribution in [-0.4, -0.2) is 84.9 Å². The van der Waals surface area contributed by atoms with Crippen LogP contribution >= 0.6 is 0 Å². The van der Waals surface area contributed by atoms with E-state index in [1.54, 1.807) is 0 Å². The molecule has 6 N–H and O–H groups in total. The number of nitrogens with zero attached hydrogens (tertiary/aromatic N) is 2. The Kier molecular flexibility index (Phi) is 14.3. The van der Waals surface area contributed by atoms with Crippen LogP contribution < -0.4 is 17.0 Å². The minimum Gasteiger partial charge on any atom is -0.480 e. The number of ether oxygens (including phenoxy) is 2. The molecule has 2 fully saturated rings. The second kappa shape index (κ2) is 17.6. The van der Waals surface area contributed by atoms with Crippen molar-refractivity contribution in [3.05, 3.63) is 33.1 Å². The summed E-state index contributed by atoms with van der Waals surface area (Å²) in [4.78, 5) is 52.7. The van der Waals surface area contributed by atoms with E-state index in [1.165, 1.54) is 62.7 Å². The Labute approximate surface area is 252 Å². The standard InChI is InChI=1S/C30H50N4O9/c1-2-3-4-5-6-7-8-9-10-11-12-13-14-15-21(36)34-22(16-18-31)42-26(23(34)29(39)40)27-24(37)25(38)28(43-27)33-19-17-20(35)32-30(33)41/h17,19,22-28,37-38H,2-16,18,31H2,1H3,(H,39,40)(H,32,35,41)/t22-,23+,24+,25-,26+,27+,28-/m1/s1. The first-order valence-corrected chi connectivity index (χ1v) is 15.9. The van der Waals surface area contributed by atoms with Crippen LogP contribution in [0.25, 0.3) is 0 Å². The molecule has 2 aliphatic rings. The second-order valence-corrected chi connectivity index (χ2v) is 11.7. The van der Waals surface area contributed by atoms with Crippen LogP contribution in [0.1, 0.15) is 109 Å². The number of carboxylic acids is 1. The molecule has 13 heteroatoms. The van der Waals surface area contributed by atoms with Crippen molar-refractivity contribution in [2.45, 2.75) is 146 Å². The molecule has 1 amide bonds. The van der Waals surface area contributed by atoms with E-state index in [2.05, 4.69) is 6.92 Å². The van der Waals surface area contributed by atoms with Gasteiger partial charge in [0.2, 0.25) is 5.91 Å². The molecule has 0 radical (unpaired) electrons. The smallest absolute Gasteiger partial charge is 0.330 e. The van der Waals surface area contributed by atoms with Crippen LogP contribution in [0.3, 0.4) is 0 Å². The van der Waals surface area contributed by atoms with Gasteiger partial charge in [0.25, 0.3) is 5.56 Å². The van der Waals surface area contributed by atoms with Crippen molar-refractivity contribution in [1.82, 2.24) is 14.5 Å². The van der Waals surface area contributed by atoms with E-state index in [9.17, 15) is 34.5 Å². The molecule has 0 bridgehead atoms. The Morgan fingerprint density at radius 1 is 0.884 bits per heavy atom. The Morgan fingerprint density at radius 2 is 1.47 bits per heavy atom. The summed E-state index contributed by atoms with van der Waals surface area (Å²) >= 11 is 0. The predicted octanol–water partition coefficient (Wildman–Crippen LogP) is 1.99. The van der Waals surface area contributed by atoms with Gasteiger partial charge in [-0.15, -0.1) is 0 Å². The molecule has 1 aromatic rings. The Bertz CT molecular complexity index is 1130. The number of aliphatic hydroxyl groups is 2. The largest absolute Gasteiger partial charge is 0.480 e. The molecule has 2 aliphatic heterocycles. The number of aliphatic carboxylic acids is 1. The van der Waals surface area contributed by atoms with Crippen molar-refractivity contribution in [2.75, 3.05) is 6.54 Å². The number of carbonyl (C=O) groups excluding carboxylic acids is 1. The molecule has 0 spiro atoms. The zero-order chi connectivity index (χ0) is 31.4. The second-order valence-electron chi connectivity index (χ2n) is 11.7. The summed E-state index contributed by atoms with van der Waals surface area (Å²) in [7, 11) is 0. The van der Waals surface area contributed by atoms with Gasteiger partial charge in [0.15, 0.2) is 12.3 Å². The first kappa shape index (κ1) is 34.9. The minimum atomic E-state index is -1.63. The highest BCUT2D eigenvalue weighted by Crippen LogP contribution is 2.38. The van der Waals surface area contributed by atoms with Crippen LogP contribution in [0.15, 0.2) is 21.9 Å². The van der Waals surface area contributed by atoms with Gasteiger partial charge in [0, 0.05) is 25.1 Å². The number of amides is 1. The van der Waals surface area contributed by atoms with Crippen molar-refractivity contribution in [2.24, 2.45) is 5.73 Å². The first-order chi connectivity index (χ1) is 20.7. The summed E-state index contributed by atoms with van der Waals surface area (Å²) in [5.74, 6) is -1.74. The van der Waals surface area contributed by atoms with E-state index < -0.39 is 66.0 Å². The molecule has 2 saturated heterocycles. The summed E-state index contributed by atoms with van der Waals surface area (Å²) < 4.78 is 12.6. The zero-order valence-electron chi connectivity index (χ0n) is 25.3. The van der Waals surface area contributed by atoms with Gasteiger partial charge in [-0.2, -0.15) is 0 Å². The van der Waals surface area contributed by atoms with E-state index in [-0.39, 0.29) is 19.4 Å². The average molecular weight is 611 g/mol. The zero-order valence-corrected chi connectivity index (χ0v) is 25.3. The highest BCUT2D eigenvalue weighted by atomic mass is 16.6. The molecule has 0 unspecified atom stereocenters. The van der Waals surface area contributed by atoms with E-state index in [4.69, 9.17) is 15.2 Å². The summed E-state index contributed by atoms with van der Waals surface area (Å²) in [5, 5.41) is 31.6. The predicted molar refractivity (Wildman–Crippen MR) is 158 cm³/mol. The third-order valence-corrected chi connectivity index (χ3v) is 8.41. The highest BCUT2D eigenvalue weighted by molar-refractivity contribution is 5.85. The third kappa shape index (κ3) is 9.45. The van der Waals surface area contributed by atoms with Crippen LogP contribution in [-0.2, 0) is 19.1 Å². The van der Waals surface area contributed by atoms with Gasteiger partial charge in [-0.05, 0) is 13.0 Å². The number of aromatic amines is 1. The Hall–Kier alpha value is -2.58. The molecule has 7 atom stereocenters. The number of nitrogens with two attached hydrogens (primary N) is 1. The van der Waals surface area contributed by atoms with Gasteiger partial charge in [-0.1, -0.05) is 84.0 Å². The first-order valence-electron chi connectivity index (χ1n) is 15.9. The lowest BCUT2D eigenvalue weighted by Gasteiger charge is -2.28. The lowest BCUT2D eigenvalue weighted by molar-refractivity contribution is -0.152. The molecule has 3 rings (SSSR count). The Balaban J connectivity index is 1.53. The maximum atomic E-state index is 13.3. The Morgan fingerprint density at radius 3 is 2.00 bits per heavy atom. The fourth-order valence-corrected chi connectivity index (χ4v) is 6.08. The van der Waals surface area contributed by atoms with Crippen molar-refractivity contribution < 1.29 is 34.4 Å². The molecule has 3 heterocycles. The molecular weight excluding hydrogens is 560 g/mol. The fraction of sp³-hybridized carbons (Fsp3) is 0.800. The summed E-state index contributed by atoms with van der Waals surface area (Å²) in [6.07, 6.45) is 8.16. The number of rotatable bonds is 19. The van der Waals surface area contributed by atoms with E-state index >= 15 is 0 Å². The van der Waals surface area contributed by atoms with Crippen molar-refractivity contribution in [1.29, 1.82) is 0 Å². The van der Waals surface area contributed by atoms with Gasteiger partial charge in [0.1, 0.15) is 30.6 Å². The SMILES string of the molecule is CCCCCCCCCCCCCCCC(=O)N1[C@H](C(=O)O)[C@@H]([C@H]2O[C@@H](n3ccc(=O)[nH]c3=O)[C@H](O)[C@@H]2O)O[C@@H]1CCN. The monoisotopic (exact) mass is 610 g/mol. The lowest BCUT2D eigenvalue weighted by atomic mass is 9.99. The minimum absolute atomic E-state index is 0.123. The van der Waals surface area contributed by atoms with Crippen molar-refractivity contribution in [3.8, 4) is 0 Å². The number of hydrogen-bond donors (Lipinski definition) is 5. The van der Waals surface area contributed by atoms with Gasteiger partial charge in [-0.3, -0.25) is 19.1 Å². The number of nitrogens with one attached hydrogen (secondary N) is 1. The fourth-order valence-electron chi connectivity index (χ4n) is 6.08. The van der Waals surface area contributed by atoms with Gasteiger partial charge in [-0.25, -0.2) is 9.59 Å². The number of hydrogen-bond acceptors (Lipinski definition) is 9. The van der Waals surface area contributed by atoms with E-state index in [1.807, 2.05) is 4.98 Å². The van der Waals surface area contributed by atoms with Gasteiger partial charge < -0.3 is 35.4 Å². The van der Waals surface area contributed by atoms with Gasteiger partial charge >= 0.3 is 11.7 Å². The topological polar surface area (TPSA) is 197 Å². The average Bonchev–Trinajstić information content (AvgIpc) is 3.48. The van der Waals surface area contributed by atoms with Crippen molar-refractivity contribution in [3.63, 3.8) is 0 Å². The summed E-state index contributed by atoms with van der Waals surface area (Å²) in [6, 6.07) is -0.443. The van der Waals surface area contributed by atoms with Gasteiger partial charge in [0.05, 0.1) is 0 Å². The number of carboxylic acid groups (broad SMARTS) is 1. The van der Waals surface area contributed by atoms with E-state index in [0.29, 0.717) is 6.42 Å². The normalized spacial score (nSPS) is 27.2. The molecular formula is C30H50N4O9. The molecule has 0 aromatic carbocycles. The highest BCUT2D eigenvalue weighted by Gasteiger charge is 2.57. The maximum absolute atomic E-state index is 13.3. The molecule has 0 aliphatic carbocycles. The molecule has 0 saturated carbocycles. The maximum Gasteiger partial charge on any atom is 0.330 e. The van der Waals surface area contributed by atoms with Crippen LogP contribution in [0, 0.1) is 0 Å². The molecule has 13 nitrogen and oxygen atoms in total. The quantitative estimate of drug-likeness (QED) is 0.144.